The summed E-state index contributed by atoms with van der Waals surface area (Å²) in [6, 6.07) is 6.48. The minimum Gasteiger partial charge on any atom is -0.494 e. The van der Waals surface area contributed by atoms with Gasteiger partial charge in [0.05, 0.1) is 6.04 Å². The topological polar surface area (TPSA) is 75.1 Å². The molecule has 6 heteroatoms. The zero-order chi connectivity index (χ0) is 14.9. The zero-order valence-corrected chi connectivity index (χ0v) is 12.3. The van der Waals surface area contributed by atoms with Gasteiger partial charge in [-0.15, -0.1) is 6.58 Å². The normalized spacial score (nSPS) is 12.1. The first-order valence-corrected chi connectivity index (χ1v) is 6.71. The van der Waals surface area contributed by atoms with Crippen LogP contribution in [0.3, 0.4) is 0 Å². The van der Waals surface area contributed by atoms with Crippen LogP contribution in [-0.4, -0.2) is 14.7 Å². The van der Waals surface area contributed by atoms with Gasteiger partial charge in [0.1, 0.15) is 5.56 Å². The standard InChI is InChI=1S/C14H13BrN2O3/c1-3-8(2)17-13(19)11(12(18)16-14(17)20)9-5-4-6-10(15)7-9/h3-8,19H,1H2,2H3,(H,16,18,20). The Bertz CT molecular complexity index is 777. The largest absolute Gasteiger partial charge is 0.494 e. The maximum atomic E-state index is 12.0. The number of rotatable bonds is 3. The maximum Gasteiger partial charge on any atom is 0.331 e. The third kappa shape index (κ3) is 2.46. The molecular formula is C14H13BrN2O3. The first-order chi connectivity index (χ1) is 9.45. The fourth-order valence-corrected chi connectivity index (χ4v) is 2.32. The van der Waals surface area contributed by atoms with Gasteiger partial charge in [-0.05, 0) is 24.6 Å². The van der Waals surface area contributed by atoms with E-state index in [1.54, 1.807) is 31.2 Å². The van der Waals surface area contributed by atoms with Crippen LogP contribution in [0.25, 0.3) is 11.1 Å². The van der Waals surface area contributed by atoms with Crippen LogP contribution in [0.1, 0.15) is 13.0 Å². The summed E-state index contributed by atoms with van der Waals surface area (Å²) in [5.74, 6) is -0.371. The molecule has 2 N–H and O–H groups in total. The van der Waals surface area contributed by atoms with Gasteiger partial charge < -0.3 is 5.11 Å². The van der Waals surface area contributed by atoms with E-state index in [4.69, 9.17) is 0 Å². The van der Waals surface area contributed by atoms with E-state index >= 15 is 0 Å². The summed E-state index contributed by atoms with van der Waals surface area (Å²) in [4.78, 5) is 26.0. The number of aromatic nitrogens is 2. The Balaban J connectivity index is 2.81. The molecule has 1 heterocycles. The smallest absolute Gasteiger partial charge is 0.331 e. The second kappa shape index (κ2) is 5.50. The molecule has 0 amide bonds. The Labute approximate surface area is 123 Å². The predicted molar refractivity (Wildman–Crippen MR) is 81.0 cm³/mol. The molecule has 0 fully saturated rings. The Hall–Kier alpha value is -2.08. The number of hydrogen-bond donors (Lipinski definition) is 2. The highest BCUT2D eigenvalue weighted by Crippen LogP contribution is 2.27. The molecule has 1 aromatic carbocycles. The number of nitrogens with one attached hydrogen (secondary N) is 1. The number of aromatic hydroxyl groups is 1. The average Bonchev–Trinajstić information content (AvgIpc) is 2.37. The second-order valence-corrected chi connectivity index (χ2v) is 5.23. The van der Waals surface area contributed by atoms with E-state index in [2.05, 4.69) is 27.5 Å². The highest BCUT2D eigenvalue weighted by Gasteiger charge is 2.18. The summed E-state index contributed by atoms with van der Waals surface area (Å²) < 4.78 is 1.85. The number of hydrogen-bond acceptors (Lipinski definition) is 3. The molecule has 0 aliphatic rings. The average molecular weight is 337 g/mol. The molecule has 0 saturated carbocycles. The molecule has 1 unspecified atom stereocenters. The van der Waals surface area contributed by atoms with Gasteiger partial charge in [-0.25, -0.2) is 4.79 Å². The number of aromatic amines is 1. The van der Waals surface area contributed by atoms with Crippen molar-refractivity contribution in [2.24, 2.45) is 0 Å². The van der Waals surface area contributed by atoms with Crippen LogP contribution in [0.5, 0.6) is 5.88 Å². The van der Waals surface area contributed by atoms with Crippen molar-refractivity contribution in [3.8, 4) is 17.0 Å². The van der Waals surface area contributed by atoms with Crippen molar-refractivity contribution in [3.63, 3.8) is 0 Å². The van der Waals surface area contributed by atoms with Gasteiger partial charge in [-0.2, -0.15) is 0 Å². The van der Waals surface area contributed by atoms with Crippen molar-refractivity contribution >= 4 is 15.9 Å². The first-order valence-electron chi connectivity index (χ1n) is 5.92. The van der Waals surface area contributed by atoms with Crippen molar-refractivity contribution in [1.29, 1.82) is 0 Å². The van der Waals surface area contributed by atoms with Crippen LogP contribution in [0.15, 0.2) is 51.0 Å². The van der Waals surface area contributed by atoms with Gasteiger partial charge in [-0.1, -0.05) is 34.1 Å². The van der Waals surface area contributed by atoms with Gasteiger partial charge in [-0.3, -0.25) is 14.3 Å². The number of H-pyrrole nitrogens is 1. The van der Waals surface area contributed by atoms with Crippen LogP contribution in [0, 0.1) is 0 Å². The minimum absolute atomic E-state index is 0.0552. The van der Waals surface area contributed by atoms with Crippen LogP contribution in [0.4, 0.5) is 0 Å². The molecule has 1 aromatic heterocycles. The molecule has 0 saturated heterocycles. The van der Waals surface area contributed by atoms with Gasteiger partial charge in [0.15, 0.2) is 0 Å². The molecule has 0 aliphatic carbocycles. The van der Waals surface area contributed by atoms with Crippen LogP contribution in [0.2, 0.25) is 0 Å². The predicted octanol–water partition coefficient (Wildman–Crippen LogP) is 2.42. The summed E-state index contributed by atoms with van der Waals surface area (Å²) >= 11 is 3.31. The molecule has 0 radical (unpaired) electrons. The molecule has 20 heavy (non-hydrogen) atoms. The summed E-state index contributed by atoms with van der Waals surface area (Å²) in [5.41, 5.74) is -0.723. The van der Waals surface area contributed by atoms with E-state index in [1.165, 1.54) is 6.08 Å². The van der Waals surface area contributed by atoms with E-state index in [1.807, 2.05) is 0 Å². The lowest BCUT2D eigenvalue weighted by Gasteiger charge is -2.15. The van der Waals surface area contributed by atoms with E-state index in [0.717, 1.165) is 9.04 Å². The monoisotopic (exact) mass is 336 g/mol. The van der Waals surface area contributed by atoms with Crippen LogP contribution >= 0.6 is 15.9 Å². The third-order valence-electron chi connectivity index (χ3n) is 2.98. The Morgan fingerprint density at radius 1 is 1.45 bits per heavy atom. The second-order valence-electron chi connectivity index (χ2n) is 4.31. The highest BCUT2D eigenvalue weighted by molar-refractivity contribution is 9.10. The third-order valence-corrected chi connectivity index (χ3v) is 3.47. The molecule has 0 aliphatic heterocycles. The first kappa shape index (κ1) is 14.3. The van der Waals surface area contributed by atoms with Gasteiger partial charge >= 0.3 is 5.69 Å². The fourth-order valence-electron chi connectivity index (χ4n) is 1.93. The van der Waals surface area contributed by atoms with Gasteiger partial charge in [0.25, 0.3) is 5.56 Å². The van der Waals surface area contributed by atoms with Crippen LogP contribution < -0.4 is 11.2 Å². The lowest BCUT2D eigenvalue weighted by Crippen LogP contribution is -2.32. The highest BCUT2D eigenvalue weighted by atomic mass is 79.9. The Morgan fingerprint density at radius 3 is 2.75 bits per heavy atom. The molecular weight excluding hydrogens is 324 g/mol. The van der Waals surface area contributed by atoms with E-state index in [0.29, 0.717) is 5.56 Å². The number of allylic oxidation sites excluding steroid dienone is 1. The van der Waals surface area contributed by atoms with E-state index < -0.39 is 17.3 Å². The molecule has 104 valence electrons. The number of nitrogens with zero attached hydrogens (tertiary/aromatic N) is 1. The summed E-state index contributed by atoms with van der Waals surface area (Å²) in [7, 11) is 0. The Kier molecular flexibility index (Phi) is 3.94. The number of benzene rings is 1. The van der Waals surface area contributed by atoms with Crippen molar-refractivity contribution in [2.45, 2.75) is 13.0 Å². The zero-order valence-electron chi connectivity index (χ0n) is 10.8. The summed E-state index contributed by atoms with van der Waals surface area (Å²) in [6.07, 6.45) is 1.50. The van der Waals surface area contributed by atoms with Crippen LogP contribution in [-0.2, 0) is 0 Å². The minimum atomic E-state index is -0.668. The quantitative estimate of drug-likeness (QED) is 0.845. The van der Waals surface area contributed by atoms with Crippen molar-refractivity contribution in [1.82, 2.24) is 9.55 Å². The summed E-state index contributed by atoms with van der Waals surface area (Å²) in [5, 5.41) is 10.3. The fraction of sp³-hybridized carbons (Fsp3) is 0.143. The van der Waals surface area contributed by atoms with Crippen molar-refractivity contribution in [2.75, 3.05) is 0 Å². The maximum absolute atomic E-state index is 12.0. The van der Waals surface area contributed by atoms with E-state index in [-0.39, 0.29) is 11.4 Å². The number of halogens is 1. The molecule has 5 nitrogen and oxygen atoms in total. The molecule has 2 rings (SSSR count). The van der Waals surface area contributed by atoms with Gasteiger partial charge in [0, 0.05) is 4.47 Å². The van der Waals surface area contributed by atoms with Gasteiger partial charge in [0.2, 0.25) is 5.88 Å². The van der Waals surface area contributed by atoms with Crippen molar-refractivity contribution < 1.29 is 5.11 Å². The SMILES string of the molecule is C=CC(C)n1c(O)c(-c2cccc(Br)c2)c(=O)[nH]c1=O. The lowest BCUT2D eigenvalue weighted by molar-refractivity contribution is 0.395. The lowest BCUT2D eigenvalue weighted by atomic mass is 10.1. The molecule has 0 bridgehead atoms. The van der Waals surface area contributed by atoms with E-state index in [9.17, 15) is 14.7 Å². The Morgan fingerprint density at radius 2 is 2.15 bits per heavy atom. The molecule has 0 spiro atoms. The summed E-state index contributed by atoms with van der Waals surface area (Å²) in [6.45, 7) is 5.28. The molecule has 2 aromatic rings. The molecule has 1 atom stereocenters. The van der Waals surface area contributed by atoms with Crippen molar-refractivity contribution in [3.05, 3.63) is 62.2 Å².